The van der Waals surface area contributed by atoms with Gasteiger partial charge in [0.15, 0.2) is 0 Å². The third-order valence-electron chi connectivity index (χ3n) is 4.26. The predicted molar refractivity (Wildman–Crippen MR) is 87.7 cm³/mol. The molecule has 1 fully saturated rings. The summed E-state index contributed by atoms with van der Waals surface area (Å²) in [4.78, 5) is 25.9. The molecule has 0 bridgehead atoms. The Bertz CT molecular complexity index is 577. The van der Waals surface area contributed by atoms with E-state index in [1.54, 1.807) is 19.1 Å². The maximum absolute atomic E-state index is 13.4. The zero-order valence-electron chi connectivity index (χ0n) is 13.7. The first-order valence-electron chi connectivity index (χ1n) is 8.07. The molecule has 0 aliphatic carbocycles. The molecule has 6 heteroatoms. The van der Waals surface area contributed by atoms with Crippen molar-refractivity contribution < 1.29 is 14.0 Å². The van der Waals surface area contributed by atoms with Crippen LogP contribution in [0, 0.1) is 12.7 Å². The number of hydrogen-bond acceptors (Lipinski definition) is 3. The summed E-state index contributed by atoms with van der Waals surface area (Å²) in [7, 11) is 0. The number of anilines is 1. The number of nitrogens with one attached hydrogen (secondary N) is 2. The first-order valence-corrected chi connectivity index (χ1v) is 8.07. The zero-order valence-corrected chi connectivity index (χ0v) is 13.7. The fourth-order valence-electron chi connectivity index (χ4n) is 2.74. The van der Waals surface area contributed by atoms with Crippen molar-refractivity contribution in [3.63, 3.8) is 0 Å². The summed E-state index contributed by atoms with van der Waals surface area (Å²) in [6.45, 7) is 6.01. The minimum Gasteiger partial charge on any atom is -0.347 e. The van der Waals surface area contributed by atoms with Gasteiger partial charge in [0.2, 0.25) is 0 Å². The van der Waals surface area contributed by atoms with Crippen molar-refractivity contribution in [1.82, 2.24) is 10.2 Å². The van der Waals surface area contributed by atoms with Crippen molar-refractivity contribution in [2.45, 2.75) is 39.2 Å². The Morgan fingerprint density at radius 2 is 2.09 bits per heavy atom. The second kappa shape index (κ2) is 8.06. The van der Waals surface area contributed by atoms with Crippen molar-refractivity contribution in [3.8, 4) is 0 Å². The van der Waals surface area contributed by atoms with Crippen molar-refractivity contribution in [2.75, 3.05) is 25.0 Å². The van der Waals surface area contributed by atoms with Gasteiger partial charge in [-0.15, -0.1) is 0 Å². The standard InChI is InChI=1S/C17H24FN3O2/c1-12-6-7-14(11-15(12)18)20-17(23)16(22)19-8-10-21-9-4-3-5-13(21)2/h6-7,11,13H,3-5,8-10H2,1-2H3,(H,19,22)(H,20,23). The van der Waals surface area contributed by atoms with Gasteiger partial charge in [-0.05, 0) is 50.9 Å². The van der Waals surface area contributed by atoms with E-state index in [9.17, 15) is 14.0 Å². The Balaban J connectivity index is 1.76. The molecule has 1 aliphatic heterocycles. The van der Waals surface area contributed by atoms with Gasteiger partial charge in [0, 0.05) is 24.8 Å². The smallest absolute Gasteiger partial charge is 0.313 e. The van der Waals surface area contributed by atoms with E-state index in [2.05, 4.69) is 22.5 Å². The first kappa shape index (κ1) is 17.4. The highest BCUT2D eigenvalue weighted by atomic mass is 19.1. The number of amides is 2. The van der Waals surface area contributed by atoms with Crippen LogP contribution in [-0.4, -0.2) is 42.4 Å². The van der Waals surface area contributed by atoms with Crippen molar-refractivity contribution in [3.05, 3.63) is 29.6 Å². The third kappa shape index (κ3) is 5.03. The molecule has 1 aromatic carbocycles. The second-order valence-electron chi connectivity index (χ2n) is 6.05. The Hall–Kier alpha value is -1.95. The lowest BCUT2D eigenvalue weighted by Gasteiger charge is -2.33. The highest BCUT2D eigenvalue weighted by Crippen LogP contribution is 2.15. The van der Waals surface area contributed by atoms with Crippen LogP contribution in [0.25, 0.3) is 0 Å². The average Bonchev–Trinajstić information content (AvgIpc) is 2.52. The predicted octanol–water partition coefficient (Wildman–Crippen LogP) is 2.06. The summed E-state index contributed by atoms with van der Waals surface area (Å²) >= 11 is 0. The summed E-state index contributed by atoms with van der Waals surface area (Å²) in [6, 6.07) is 4.85. The quantitative estimate of drug-likeness (QED) is 0.835. The minimum atomic E-state index is -0.778. The number of piperidine rings is 1. The number of benzene rings is 1. The Labute approximate surface area is 136 Å². The Kier molecular flexibility index (Phi) is 6.10. The number of hydrogen-bond donors (Lipinski definition) is 2. The molecule has 23 heavy (non-hydrogen) atoms. The monoisotopic (exact) mass is 321 g/mol. The molecule has 1 saturated heterocycles. The van der Waals surface area contributed by atoms with Crippen LogP contribution in [-0.2, 0) is 9.59 Å². The van der Waals surface area contributed by atoms with Gasteiger partial charge in [-0.3, -0.25) is 14.5 Å². The van der Waals surface area contributed by atoms with Crippen LogP contribution in [0.2, 0.25) is 0 Å². The van der Waals surface area contributed by atoms with E-state index < -0.39 is 17.6 Å². The lowest BCUT2D eigenvalue weighted by atomic mass is 10.0. The van der Waals surface area contributed by atoms with Gasteiger partial charge in [-0.1, -0.05) is 12.5 Å². The van der Waals surface area contributed by atoms with E-state index in [-0.39, 0.29) is 5.69 Å². The highest BCUT2D eigenvalue weighted by molar-refractivity contribution is 6.39. The molecule has 126 valence electrons. The molecule has 2 rings (SSSR count). The molecule has 0 radical (unpaired) electrons. The molecule has 0 aromatic heterocycles. The lowest BCUT2D eigenvalue weighted by molar-refractivity contribution is -0.136. The van der Waals surface area contributed by atoms with Crippen molar-refractivity contribution in [1.29, 1.82) is 0 Å². The summed E-state index contributed by atoms with van der Waals surface area (Å²) in [6.07, 6.45) is 3.60. The van der Waals surface area contributed by atoms with Crippen LogP contribution in [0.4, 0.5) is 10.1 Å². The number of aryl methyl sites for hydroxylation is 1. The summed E-state index contributed by atoms with van der Waals surface area (Å²) < 4.78 is 13.4. The summed E-state index contributed by atoms with van der Waals surface area (Å²) in [5.41, 5.74) is 0.765. The molecule has 0 spiro atoms. The Morgan fingerprint density at radius 3 is 2.78 bits per heavy atom. The van der Waals surface area contributed by atoms with Gasteiger partial charge in [0.25, 0.3) is 0 Å². The minimum absolute atomic E-state index is 0.276. The van der Waals surface area contributed by atoms with Crippen molar-refractivity contribution >= 4 is 17.5 Å². The fraction of sp³-hybridized carbons (Fsp3) is 0.529. The van der Waals surface area contributed by atoms with Crippen LogP contribution in [0.15, 0.2) is 18.2 Å². The van der Waals surface area contributed by atoms with Crippen LogP contribution in [0.1, 0.15) is 31.7 Å². The van der Waals surface area contributed by atoms with E-state index in [1.165, 1.54) is 25.3 Å². The van der Waals surface area contributed by atoms with Gasteiger partial charge in [-0.2, -0.15) is 0 Å². The molecule has 1 aromatic rings. The van der Waals surface area contributed by atoms with Crippen LogP contribution in [0.3, 0.4) is 0 Å². The van der Waals surface area contributed by atoms with E-state index >= 15 is 0 Å². The molecular formula is C17H24FN3O2. The van der Waals surface area contributed by atoms with Crippen LogP contribution >= 0.6 is 0 Å². The van der Waals surface area contributed by atoms with Gasteiger partial charge >= 0.3 is 11.8 Å². The second-order valence-corrected chi connectivity index (χ2v) is 6.05. The van der Waals surface area contributed by atoms with E-state index in [0.29, 0.717) is 18.2 Å². The van der Waals surface area contributed by atoms with E-state index in [0.717, 1.165) is 13.1 Å². The topological polar surface area (TPSA) is 61.4 Å². The van der Waals surface area contributed by atoms with Crippen LogP contribution < -0.4 is 10.6 Å². The van der Waals surface area contributed by atoms with E-state index in [1.807, 2.05) is 0 Å². The molecule has 5 nitrogen and oxygen atoms in total. The molecule has 1 atom stereocenters. The molecule has 1 aliphatic rings. The fourth-order valence-corrected chi connectivity index (χ4v) is 2.74. The normalized spacial score (nSPS) is 18.5. The molecule has 2 amide bonds. The zero-order chi connectivity index (χ0) is 16.8. The molecule has 0 saturated carbocycles. The number of halogens is 1. The van der Waals surface area contributed by atoms with Gasteiger partial charge in [0.1, 0.15) is 5.82 Å². The SMILES string of the molecule is Cc1ccc(NC(=O)C(=O)NCCN2CCCCC2C)cc1F. The Morgan fingerprint density at radius 1 is 1.30 bits per heavy atom. The number of carbonyl (C=O) groups is 2. The average molecular weight is 321 g/mol. The largest absolute Gasteiger partial charge is 0.347 e. The van der Waals surface area contributed by atoms with E-state index in [4.69, 9.17) is 0 Å². The molecule has 1 unspecified atom stereocenters. The molecule has 1 heterocycles. The molecule has 2 N–H and O–H groups in total. The number of likely N-dealkylation sites (tertiary alicyclic amines) is 1. The van der Waals surface area contributed by atoms with Crippen LogP contribution in [0.5, 0.6) is 0 Å². The highest BCUT2D eigenvalue weighted by Gasteiger charge is 2.19. The number of nitrogens with zero attached hydrogens (tertiary/aromatic N) is 1. The maximum atomic E-state index is 13.4. The first-order chi connectivity index (χ1) is 11.0. The van der Waals surface area contributed by atoms with Gasteiger partial charge < -0.3 is 10.6 Å². The number of rotatable bonds is 4. The van der Waals surface area contributed by atoms with Gasteiger partial charge in [0.05, 0.1) is 0 Å². The lowest BCUT2D eigenvalue weighted by Crippen LogP contribution is -2.44. The van der Waals surface area contributed by atoms with Crippen molar-refractivity contribution in [2.24, 2.45) is 0 Å². The summed E-state index contributed by atoms with van der Waals surface area (Å²) in [5, 5.41) is 5.01. The third-order valence-corrected chi connectivity index (χ3v) is 4.26. The van der Waals surface area contributed by atoms with Gasteiger partial charge in [-0.25, -0.2) is 4.39 Å². The maximum Gasteiger partial charge on any atom is 0.313 e. The number of carbonyl (C=O) groups excluding carboxylic acids is 2. The molecular weight excluding hydrogens is 297 g/mol. The summed E-state index contributed by atoms with van der Waals surface area (Å²) in [5.74, 6) is -1.89.